The van der Waals surface area contributed by atoms with Crippen LogP contribution in [0.25, 0.3) is 0 Å². The third-order valence-electron chi connectivity index (χ3n) is 2.76. The van der Waals surface area contributed by atoms with Gasteiger partial charge in [0.1, 0.15) is 0 Å². The van der Waals surface area contributed by atoms with Gasteiger partial charge in [0, 0.05) is 26.8 Å². The van der Waals surface area contributed by atoms with Gasteiger partial charge in [-0.15, -0.1) is 0 Å². The first-order valence-electron chi connectivity index (χ1n) is 5.89. The highest BCUT2D eigenvalue weighted by Crippen LogP contribution is 2.10. The summed E-state index contributed by atoms with van der Waals surface area (Å²) in [7, 11) is 1.75. The van der Waals surface area contributed by atoms with E-state index in [1.807, 2.05) is 0 Å². The molecule has 1 unspecified atom stereocenters. The first kappa shape index (κ1) is 13.2. The van der Waals surface area contributed by atoms with Crippen molar-refractivity contribution in [3.8, 4) is 0 Å². The molecule has 0 aliphatic carbocycles. The molecule has 0 radical (unpaired) electrons. The van der Waals surface area contributed by atoms with Crippen LogP contribution in [0.1, 0.15) is 23.6 Å². The fourth-order valence-corrected chi connectivity index (χ4v) is 1.79. The molecule has 0 aromatic heterocycles. The molecule has 1 aromatic carbocycles. The van der Waals surface area contributed by atoms with Gasteiger partial charge in [-0.3, -0.25) is 0 Å². The van der Waals surface area contributed by atoms with Crippen LogP contribution >= 0.6 is 0 Å². The lowest BCUT2D eigenvalue weighted by Gasteiger charge is -2.13. The summed E-state index contributed by atoms with van der Waals surface area (Å²) in [5, 5.41) is 3.47. The predicted molar refractivity (Wildman–Crippen MR) is 68.7 cm³/mol. The van der Waals surface area contributed by atoms with Crippen molar-refractivity contribution >= 4 is 0 Å². The van der Waals surface area contributed by atoms with Crippen LogP contribution in [0.2, 0.25) is 0 Å². The summed E-state index contributed by atoms with van der Waals surface area (Å²) in [5.41, 5.74) is 4.08. The van der Waals surface area contributed by atoms with Gasteiger partial charge in [0.15, 0.2) is 0 Å². The van der Waals surface area contributed by atoms with E-state index in [1.165, 1.54) is 16.7 Å². The number of methoxy groups -OCH3 is 1. The van der Waals surface area contributed by atoms with Gasteiger partial charge in [-0.25, -0.2) is 0 Å². The Morgan fingerprint density at radius 1 is 1.31 bits per heavy atom. The molecule has 0 aliphatic rings. The van der Waals surface area contributed by atoms with Crippen molar-refractivity contribution in [2.75, 3.05) is 20.3 Å². The molecule has 0 saturated carbocycles. The predicted octanol–water partition coefficient (Wildman–Crippen LogP) is 2.68. The summed E-state index contributed by atoms with van der Waals surface area (Å²) in [6.45, 7) is 9.26. The topological polar surface area (TPSA) is 21.3 Å². The Morgan fingerprint density at radius 2 is 2.06 bits per heavy atom. The van der Waals surface area contributed by atoms with Crippen molar-refractivity contribution in [3.63, 3.8) is 0 Å². The highest BCUT2D eigenvalue weighted by molar-refractivity contribution is 5.30. The standard InChI is InChI=1S/C14H23NO/c1-11-5-6-13(3)14(7-11)9-15-8-12(2)10-16-4/h5-7,12,15H,8-10H2,1-4H3. The normalized spacial score (nSPS) is 12.8. The van der Waals surface area contributed by atoms with E-state index >= 15 is 0 Å². The Balaban J connectivity index is 2.39. The second kappa shape index (κ2) is 6.66. The molecule has 0 aliphatic heterocycles. The third kappa shape index (κ3) is 4.33. The lowest BCUT2D eigenvalue weighted by Crippen LogP contribution is -2.23. The van der Waals surface area contributed by atoms with Gasteiger partial charge in [0.2, 0.25) is 0 Å². The highest BCUT2D eigenvalue weighted by atomic mass is 16.5. The molecule has 1 rings (SSSR count). The maximum absolute atomic E-state index is 5.11. The minimum atomic E-state index is 0.565. The molecule has 0 amide bonds. The number of ether oxygens (including phenoxy) is 1. The van der Waals surface area contributed by atoms with Gasteiger partial charge >= 0.3 is 0 Å². The Labute approximate surface area is 99.0 Å². The summed E-state index contributed by atoms with van der Waals surface area (Å²) < 4.78 is 5.11. The zero-order valence-corrected chi connectivity index (χ0v) is 10.8. The second-order valence-electron chi connectivity index (χ2n) is 4.62. The maximum atomic E-state index is 5.11. The molecule has 0 spiro atoms. The number of hydrogen-bond acceptors (Lipinski definition) is 2. The maximum Gasteiger partial charge on any atom is 0.0499 e. The van der Waals surface area contributed by atoms with Crippen molar-refractivity contribution in [3.05, 3.63) is 34.9 Å². The van der Waals surface area contributed by atoms with Crippen molar-refractivity contribution in [1.82, 2.24) is 5.32 Å². The van der Waals surface area contributed by atoms with E-state index in [2.05, 4.69) is 44.3 Å². The van der Waals surface area contributed by atoms with E-state index in [0.29, 0.717) is 5.92 Å². The SMILES string of the molecule is COCC(C)CNCc1cc(C)ccc1C. The van der Waals surface area contributed by atoms with Gasteiger partial charge in [0.25, 0.3) is 0 Å². The van der Waals surface area contributed by atoms with Crippen LogP contribution in [0, 0.1) is 19.8 Å². The van der Waals surface area contributed by atoms with E-state index in [9.17, 15) is 0 Å². The largest absolute Gasteiger partial charge is 0.384 e. The number of rotatable bonds is 6. The quantitative estimate of drug-likeness (QED) is 0.797. The van der Waals surface area contributed by atoms with Crippen LogP contribution in [-0.2, 0) is 11.3 Å². The zero-order chi connectivity index (χ0) is 12.0. The molecule has 90 valence electrons. The second-order valence-corrected chi connectivity index (χ2v) is 4.62. The molecular formula is C14H23NO. The van der Waals surface area contributed by atoms with E-state index in [1.54, 1.807) is 7.11 Å². The average Bonchev–Trinajstić information content (AvgIpc) is 2.23. The van der Waals surface area contributed by atoms with Crippen LogP contribution in [0.3, 0.4) is 0 Å². The minimum Gasteiger partial charge on any atom is -0.384 e. The Kier molecular flexibility index (Phi) is 5.50. The van der Waals surface area contributed by atoms with Crippen LogP contribution in [0.4, 0.5) is 0 Å². The Bertz CT molecular complexity index is 323. The van der Waals surface area contributed by atoms with Crippen molar-refractivity contribution in [2.24, 2.45) is 5.92 Å². The van der Waals surface area contributed by atoms with Gasteiger partial charge in [-0.1, -0.05) is 30.7 Å². The summed E-state index contributed by atoms with van der Waals surface area (Å²) in [4.78, 5) is 0. The van der Waals surface area contributed by atoms with Crippen molar-refractivity contribution < 1.29 is 4.74 Å². The van der Waals surface area contributed by atoms with Crippen molar-refractivity contribution in [2.45, 2.75) is 27.3 Å². The van der Waals surface area contributed by atoms with Gasteiger partial charge in [0.05, 0.1) is 0 Å². The van der Waals surface area contributed by atoms with E-state index in [0.717, 1.165) is 19.7 Å². The third-order valence-corrected chi connectivity index (χ3v) is 2.76. The first-order chi connectivity index (χ1) is 7.63. The fourth-order valence-electron chi connectivity index (χ4n) is 1.79. The molecule has 1 aromatic rings. The number of benzene rings is 1. The molecule has 0 fully saturated rings. The molecule has 2 nitrogen and oxygen atoms in total. The van der Waals surface area contributed by atoms with Gasteiger partial charge in [-0.05, 0) is 30.9 Å². The van der Waals surface area contributed by atoms with Crippen LogP contribution in [-0.4, -0.2) is 20.3 Å². The van der Waals surface area contributed by atoms with Crippen LogP contribution in [0.15, 0.2) is 18.2 Å². The number of aryl methyl sites for hydroxylation is 2. The molecule has 1 atom stereocenters. The Hall–Kier alpha value is -0.860. The number of hydrogen-bond donors (Lipinski definition) is 1. The zero-order valence-electron chi connectivity index (χ0n) is 10.8. The lowest BCUT2D eigenvalue weighted by molar-refractivity contribution is 0.158. The highest BCUT2D eigenvalue weighted by Gasteiger charge is 2.02. The average molecular weight is 221 g/mol. The Morgan fingerprint density at radius 3 is 2.75 bits per heavy atom. The molecular weight excluding hydrogens is 198 g/mol. The van der Waals surface area contributed by atoms with E-state index < -0.39 is 0 Å². The molecule has 2 heteroatoms. The molecule has 1 N–H and O–H groups in total. The van der Waals surface area contributed by atoms with E-state index in [-0.39, 0.29) is 0 Å². The van der Waals surface area contributed by atoms with Gasteiger partial charge < -0.3 is 10.1 Å². The summed E-state index contributed by atoms with van der Waals surface area (Å²) >= 11 is 0. The van der Waals surface area contributed by atoms with Crippen LogP contribution in [0.5, 0.6) is 0 Å². The smallest absolute Gasteiger partial charge is 0.0499 e. The lowest BCUT2D eigenvalue weighted by atomic mass is 10.1. The molecule has 0 saturated heterocycles. The summed E-state index contributed by atoms with van der Waals surface area (Å²) in [5.74, 6) is 0.565. The fraction of sp³-hybridized carbons (Fsp3) is 0.571. The van der Waals surface area contributed by atoms with Gasteiger partial charge in [-0.2, -0.15) is 0 Å². The van der Waals surface area contributed by atoms with Crippen molar-refractivity contribution in [1.29, 1.82) is 0 Å². The van der Waals surface area contributed by atoms with Crippen LogP contribution < -0.4 is 5.32 Å². The molecule has 0 bridgehead atoms. The molecule has 0 heterocycles. The van der Waals surface area contributed by atoms with E-state index in [4.69, 9.17) is 4.74 Å². The number of nitrogens with one attached hydrogen (secondary N) is 1. The summed E-state index contributed by atoms with van der Waals surface area (Å²) in [6.07, 6.45) is 0. The monoisotopic (exact) mass is 221 g/mol. The first-order valence-corrected chi connectivity index (χ1v) is 5.89. The minimum absolute atomic E-state index is 0.565. The summed E-state index contributed by atoms with van der Waals surface area (Å²) in [6, 6.07) is 6.60. The molecule has 16 heavy (non-hydrogen) atoms.